The number of hydrogen-bond acceptors (Lipinski definition) is 3. The molecule has 1 aromatic carbocycles. The average molecular weight is 288 g/mol. The van der Waals surface area contributed by atoms with Crippen molar-refractivity contribution in [2.75, 3.05) is 6.61 Å². The molecule has 2 fully saturated rings. The fraction of sp³-hybridized carbons (Fsp3) is 0.647. The molecule has 114 valence electrons. The zero-order valence-corrected chi connectivity index (χ0v) is 13.5. The molecule has 2 atom stereocenters. The van der Waals surface area contributed by atoms with Gasteiger partial charge in [0.05, 0.1) is 17.3 Å². The topological polar surface area (TPSA) is 27.7 Å². The van der Waals surface area contributed by atoms with Gasteiger partial charge in [-0.15, -0.1) is 0 Å². The quantitative estimate of drug-likeness (QED) is 0.790. The Morgan fingerprint density at radius 2 is 1.67 bits per heavy atom. The van der Waals surface area contributed by atoms with Gasteiger partial charge in [-0.25, -0.2) is 0 Å². The first-order valence-corrected chi connectivity index (χ1v) is 7.91. The molecule has 3 nitrogen and oxygen atoms in total. The molecule has 0 bridgehead atoms. The van der Waals surface area contributed by atoms with E-state index in [0.29, 0.717) is 5.92 Å². The van der Waals surface area contributed by atoms with Crippen LogP contribution in [0.4, 0.5) is 0 Å². The van der Waals surface area contributed by atoms with Crippen LogP contribution in [0.25, 0.3) is 0 Å². The molecule has 0 saturated carbocycles. The van der Waals surface area contributed by atoms with E-state index in [-0.39, 0.29) is 24.4 Å². The third kappa shape index (κ3) is 2.89. The Hall–Kier alpha value is -0.835. The highest BCUT2D eigenvalue weighted by Crippen LogP contribution is 2.43. The van der Waals surface area contributed by atoms with Crippen molar-refractivity contribution in [1.29, 1.82) is 0 Å². The Morgan fingerprint density at radius 3 is 2.29 bits per heavy atom. The minimum absolute atomic E-state index is 0.132. The van der Waals surface area contributed by atoms with Gasteiger partial charge in [0.25, 0.3) is 0 Å². The van der Waals surface area contributed by atoms with E-state index in [1.54, 1.807) is 0 Å². The Balaban J connectivity index is 1.68. The second-order valence-corrected chi connectivity index (χ2v) is 7.17. The maximum atomic E-state index is 6.13. The first-order valence-electron chi connectivity index (χ1n) is 7.91. The van der Waals surface area contributed by atoms with E-state index >= 15 is 0 Å². The molecule has 0 N–H and O–H groups in total. The second-order valence-electron chi connectivity index (χ2n) is 7.17. The lowest BCUT2D eigenvalue weighted by Gasteiger charge is -2.32. The van der Waals surface area contributed by atoms with Crippen molar-refractivity contribution in [3.8, 4) is 0 Å². The van der Waals surface area contributed by atoms with Gasteiger partial charge in [-0.2, -0.15) is 0 Å². The molecule has 0 aliphatic carbocycles. The van der Waals surface area contributed by atoms with Crippen molar-refractivity contribution in [2.24, 2.45) is 5.92 Å². The van der Waals surface area contributed by atoms with Gasteiger partial charge in [0.15, 0.2) is 0 Å². The standard InChI is InChI=1S/C17H25BO3/c1-16(2)17(3,4)21-18(20-16)12-14-10-11-19-15(14)13-8-6-5-7-9-13/h5-9,14-15H,10-12H2,1-4H3/t14-,15-/m1/s1. The molecule has 0 amide bonds. The van der Waals surface area contributed by atoms with E-state index in [0.717, 1.165) is 19.3 Å². The largest absolute Gasteiger partial charge is 0.458 e. The minimum atomic E-state index is -0.251. The first-order chi connectivity index (χ1) is 9.89. The molecule has 2 heterocycles. The fourth-order valence-corrected chi connectivity index (χ4v) is 3.19. The van der Waals surface area contributed by atoms with E-state index in [1.807, 2.05) is 6.07 Å². The summed E-state index contributed by atoms with van der Waals surface area (Å²) in [6.07, 6.45) is 2.14. The first kappa shape index (κ1) is 15.1. The SMILES string of the molecule is CC1(C)OB(C[C@H]2CCO[C@@H]2c2ccccc2)OC1(C)C. The van der Waals surface area contributed by atoms with Crippen LogP contribution in [0.1, 0.15) is 45.8 Å². The lowest BCUT2D eigenvalue weighted by Crippen LogP contribution is -2.41. The number of rotatable bonds is 3. The minimum Gasteiger partial charge on any atom is -0.403 e. The lowest BCUT2D eigenvalue weighted by atomic mass is 9.74. The van der Waals surface area contributed by atoms with E-state index < -0.39 is 0 Å². The van der Waals surface area contributed by atoms with Crippen molar-refractivity contribution in [1.82, 2.24) is 0 Å². The molecule has 4 heteroatoms. The molecular weight excluding hydrogens is 263 g/mol. The van der Waals surface area contributed by atoms with Gasteiger partial charge in [0.2, 0.25) is 0 Å². The van der Waals surface area contributed by atoms with Crippen LogP contribution in [0.15, 0.2) is 30.3 Å². The highest BCUT2D eigenvalue weighted by Gasteiger charge is 2.52. The highest BCUT2D eigenvalue weighted by atomic mass is 16.7. The predicted octanol–water partition coefficient (Wildman–Crippen LogP) is 3.86. The molecule has 1 aromatic rings. The third-order valence-corrected chi connectivity index (χ3v) is 5.14. The van der Waals surface area contributed by atoms with Gasteiger partial charge in [-0.3, -0.25) is 0 Å². The van der Waals surface area contributed by atoms with Crippen LogP contribution in [0.2, 0.25) is 6.32 Å². The summed E-state index contributed by atoms with van der Waals surface area (Å²) in [6.45, 7) is 9.24. The number of benzene rings is 1. The Morgan fingerprint density at radius 1 is 1.05 bits per heavy atom. The maximum absolute atomic E-state index is 6.13. The molecule has 2 aliphatic heterocycles. The molecule has 0 radical (unpaired) electrons. The Labute approximate surface area is 128 Å². The monoisotopic (exact) mass is 288 g/mol. The van der Waals surface area contributed by atoms with E-state index in [1.165, 1.54) is 5.56 Å². The van der Waals surface area contributed by atoms with Crippen LogP contribution in [-0.2, 0) is 14.0 Å². The molecule has 2 aliphatic rings. The Bertz CT molecular complexity index is 470. The zero-order valence-electron chi connectivity index (χ0n) is 13.5. The summed E-state index contributed by atoms with van der Waals surface area (Å²) in [6, 6.07) is 10.5. The highest BCUT2D eigenvalue weighted by molar-refractivity contribution is 6.45. The van der Waals surface area contributed by atoms with Crippen molar-refractivity contribution < 1.29 is 14.0 Å². The molecular formula is C17H25BO3. The zero-order chi connectivity index (χ0) is 15.1. The summed E-state index contributed by atoms with van der Waals surface area (Å²) < 4.78 is 18.2. The van der Waals surface area contributed by atoms with Crippen molar-refractivity contribution >= 4 is 7.12 Å². The van der Waals surface area contributed by atoms with Gasteiger partial charge >= 0.3 is 7.12 Å². The smallest absolute Gasteiger partial charge is 0.403 e. The van der Waals surface area contributed by atoms with Gasteiger partial charge in [-0.1, -0.05) is 30.3 Å². The number of ether oxygens (including phenoxy) is 1. The van der Waals surface area contributed by atoms with Crippen LogP contribution in [0, 0.1) is 5.92 Å². The van der Waals surface area contributed by atoms with Crippen molar-refractivity contribution in [3.63, 3.8) is 0 Å². The van der Waals surface area contributed by atoms with Gasteiger partial charge in [-0.05, 0) is 51.9 Å². The molecule has 0 unspecified atom stereocenters. The van der Waals surface area contributed by atoms with Crippen LogP contribution in [-0.4, -0.2) is 24.9 Å². The molecule has 21 heavy (non-hydrogen) atoms. The van der Waals surface area contributed by atoms with Gasteiger partial charge < -0.3 is 14.0 Å². The van der Waals surface area contributed by atoms with Crippen LogP contribution in [0.3, 0.4) is 0 Å². The average Bonchev–Trinajstić information content (AvgIpc) is 2.93. The summed E-state index contributed by atoms with van der Waals surface area (Å²) in [7, 11) is -0.132. The molecule has 3 rings (SSSR count). The van der Waals surface area contributed by atoms with Crippen molar-refractivity contribution in [2.45, 2.75) is 57.7 Å². The van der Waals surface area contributed by atoms with Crippen LogP contribution < -0.4 is 0 Å². The van der Waals surface area contributed by atoms with Crippen LogP contribution >= 0.6 is 0 Å². The van der Waals surface area contributed by atoms with E-state index in [9.17, 15) is 0 Å². The Kier molecular flexibility index (Phi) is 3.89. The third-order valence-electron chi connectivity index (χ3n) is 5.14. The molecule has 0 aromatic heterocycles. The molecule has 0 spiro atoms. The summed E-state index contributed by atoms with van der Waals surface area (Å²) in [5.41, 5.74) is 0.759. The summed E-state index contributed by atoms with van der Waals surface area (Å²) in [4.78, 5) is 0. The number of hydrogen-bond donors (Lipinski definition) is 0. The van der Waals surface area contributed by atoms with Crippen molar-refractivity contribution in [3.05, 3.63) is 35.9 Å². The van der Waals surface area contributed by atoms with Gasteiger partial charge in [0, 0.05) is 6.61 Å². The van der Waals surface area contributed by atoms with Gasteiger partial charge in [0.1, 0.15) is 0 Å². The molecule has 2 saturated heterocycles. The predicted molar refractivity (Wildman–Crippen MR) is 84.1 cm³/mol. The van der Waals surface area contributed by atoms with Crippen LogP contribution in [0.5, 0.6) is 0 Å². The van der Waals surface area contributed by atoms with E-state index in [4.69, 9.17) is 14.0 Å². The lowest BCUT2D eigenvalue weighted by molar-refractivity contribution is 0.00578. The summed E-state index contributed by atoms with van der Waals surface area (Å²) in [5, 5.41) is 0. The maximum Gasteiger partial charge on any atom is 0.458 e. The summed E-state index contributed by atoms with van der Waals surface area (Å²) >= 11 is 0. The second kappa shape index (κ2) is 5.42. The van der Waals surface area contributed by atoms with E-state index in [2.05, 4.69) is 52.0 Å². The normalized spacial score (nSPS) is 30.8. The summed E-state index contributed by atoms with van der Waals surface area (Å²) in [5.74, 6) is 0.460. The fourth-order valence-electron chi connectivity index (χ4n) is 3.19.